The van der Waals surface area contributed by atoms with E-state index in [0.29, 0.717) is 12.1 Å². The zero-order chi connectivity index (χ0) is 16.5. The fourth-order valence-corrected chi connectivity index (χ4v) is 4.08. The summed E-state index contributed by atoms with van der Waals surface area (Å²) in [5.74, 6) is 2.13. The van der Waals surface area contributed by atoms with Crippen LogP contribution in [0.1, 0.15) is 30.3 Å². The first-order valence-corrected chi connectivity index (χ1v) is 8.83. The van der Waals surface area contributed by atoms with Gasteiger partial charge in [0.2, 0.25) is 0 Å². The van der Waals surface area contributed by atoms with E-state index in [1.807, 2.05) is 12.3 Å². The van der Waals surface area contributed by atoms with Crippen LogP contribution < -0.4 is 4.74 Å². The number of ether oxygens (including phenoxy) is 1. The van der Waals surface area contributed by atoms with E-state index in [9.17, 15) is 0 Å². The molecule has 1 aromatic heterocycles. The second-order valence-electron chi connectivity index (χ2n) is 7.00. The van der Waals surface area contributed by atoms with Crippen molar-refractivity contribution in [1.82, 2.24) is 19.4 Å². The maximum atomic E-state index is 5.45. The van der Waals surface area contributed by atoms with Gasteiger partial charge in [0.25, 0.3) is 0 Å². The van der Waals surface area contributed by atoms with Gasteiger partial charge < -0.3 is 14.2 Å². The van der Waals surface area contributed by atoms with E-state index in [0.717, 1.165) is 18.8 Å². The maximum absolute atomic E-state index is 5.45. The molecule has 1 saturated heterocycles. The number of fused-ring (bicyclic) bond motifs is 1. The quantitative estimate of drug-likeness (QED) is 0.868. The van der Waals surface area contributed by atoms with Crippen LogP contribution >= 0.6 is 0 Å². The molecule has 0 unspecified atom stereocenters. The Bertz CT molecular complexity index is 690. The predicted molar refractivity (Wildman–Crippen MR) is 94.0 cm³/mol. The summed E-state index contributed by atoms with van der Waals surface area (Å²) >= 11 is 0. The van der Waals surface area contributed by atoms with Crippen LogP contribution in [0.5, 0.6) is 5.75 Å². The molecule has 0 bridgehead atoms. The van der Waals surface area contributed by atoms with Gasteiger partial charge in [-0.05, 0) is 50.7 Å². The number of hydrogen-bond donors (Lipinski definition) is 0. The van der Waals surface area contributed by atoms with Crippen molar-refractivity contribution in [3.63, 3.8) is 0 Å². The van der Waals surface area contributed by atoms with Crippen LogP contribution in [0, 0.1) is 0 Å². The molecule has 5 heteroatoms. The lowest BCUT2D eigenvalue weighted by atomic mass is 9.96. The SMILES string of the molecule is COc1cccc([C@@H]2Cn3ccnc3CN2C2CCN(C)CC2)c1. The lowest BCUT2D eigenvalue weighted by Gasteiger charge is -2.44. The summed E-state index contributed by atoms with van der Waals surface area (Å²) in [6.45, 7) is 4.26. The largest absolute Gasteiger partial charge is 0.497 e. The summed E-state index contributed by atoms with van der Waals surface area (Å²) in [7, 11) is 3.96. The molecule has 2 aliphatic rings. The maximum Gasteiger partial charge on any atom is 0.122 e. The third-order valence-electron chi connectivity index (χ3n) is 5.53. The monoisotopic (exact) mass is 326 g/mol. The number of piperidine rings is 1. The number of likely N-dealkylation sites (tertiary alicyclic amines) is 1. The number of benzene rings is 1. The second kappa shape index (κ2) is 6.57. The van der Waals surface area contributed by atoms with Gasteiger partial charge in [0.1, 0.15) is 11.6 Å². The molecular formula is C19H26N4O. The number of aromatic nitrogens is 2. The fourth-order valence-electron chi connectivity index (χ4n) is 4.08. The van der Waals surface area contributed by atoms with Crippen LogP contribution in [0.15, 0.2) is 36.7 Å². The third kappa shape index (κ3) is 2.94. The van der Waals surface area contributed by atoms with E-state index in [2.05, 4.69) is 50.8 Å². The molecule has 3 heterocycles. The highest BCUT2D eigenvalue weighted by atomic mass is 16.5. The highest BCUT2D eigenvalue weighted by Gasteiger charge is 2.34. The molecular weight excluding hydrogens is 300 g/mol. The van der Waals surface area contributed by atoms with Crippen LogP contribution in [0.2, 0.25) is 0 Å². The van der Waals surface area contributed by atoms with Crippen molar-refractivity contribution < 1.29 is 4.74 Å². The molecule has 0 aliphatic carbocycles. The van der Waals surface area contributed by atoms with Crippen molar-refractivity contribution in [3.8, 4) is 5.75 Å². The Morgan fingerprint density at radius 2 is 2.04 bits per heavy atom. The molecule has 2 aromatic rings. The summed E-state index contributed by atoms with van der Waals surface area (Å²) < 4.78 is 7.75. The molecule has 0 spiro atoms. The Labute approximate surface area is 143 Å². The number of nitrogens with zero attached hydrogens (tertiary/aromatic N) is 4. The molecule has 1 aromatic carbocycles. The van der Waals surface area contributed by atoms with E-state index >= 15 is 0 Å². The van der Waals surface area contributed by atoms with E-state index in [1.165, 1.54) is 37.3 Å². The smallest absolute Gasteiger partial charge is 0.122 e. The zero-order valence-corrected chi connectivity index (χ0v) is 14.6. The second-order valence-corrected chi connectivity index (χ2v) is 7.00. The van der Waals surface area contributed by atoms with Gasteiger partial charge in [-0.1, -0.05) is 12.1 Å². The fraction of sp³-hybridized carbons (Fsp3) is 0.526. The van der Waals surface area contributed by atoms with Crippen molar-refractivity contribution in [2.75, 3.05) is 27.2 Å². The van der Waals surface area contributed by atoms with Gasteiger partial charge in [-0.15, -0.1) is 0 Å². The molecule has 0 N–H and O–H groups in total. The van der Waals surface area contributed by atoms with Crippen LogP contribution in [0.25, 0.3) is 0 Å². The first kappa shape index (κ1) is 15.7. The van der Waals surface area contributed by atoms with Crippen molar-refractivity contribution in [2.24, 2.45) is 0 Å². The minimum absolute atomic E-state index is 0.384. The molecule has 5 nitrogen and oxygen atoms in total. The predicted octanol–water partition coefficient (Wildman–Crippen LogP) is 2.54. The summed E-state index contributed by atoms with van der Waals surface area (Å²) in [6.07, 6.45) is 6.50. The van der Waals surface area contributed by atoms with Gasteiger partial charge >= 0.3 is 0 Å². The van der Waals surface area contributed by atoms with E-state index in [1.54, 1.807) is 7.11 Å². The van der Waals surface area contributed by atoms with Crippen molar-refractivity contribution in [2.45, 2.75) is 38.0 Å². The van der Waals surface area contributed by atoms with Gasteiger partial charge in [0, 0.05) is 25.0 Å². The lowest BCUT2D eigenvalue weighted by molar-refractivity contribution is 0.0466. The first-order valence-electron chi connectivity index (χ1n) is 8.83. The highest BCUT2D eigenvalue weighted by Crippen LogP contribution is 2.34. The van der Waals surface area contributed by atoms with Gasteiger partial charge in [0.05, 0.1) is 19.7 Å². The summed E-state index contributed by atoms with van der Waals surface area (Å²) in [5.41, 5.74) is 1.34. The first-order chi connectivity index (χ1) is 11.7. The van der Waals surface area contributed by atoms with Gasteiger partial charge in [0.15, 0.2) is 0 Å². The van der Waals surface area contributed by atoms with Crippen molar-refractivity contribution in [1.29, 1.82) is 0 Å². The number of hydrogen-bond acceptors (Lipinski definition) is 4. The number of rotatable bonds is 3. The molecule has 1 atom stereocenters. The van der Waals surface area contributed by atoms with Crippen LogP contribution in [0.4, 0.5) is 0 Å². The van der Waals surface area contributed by atoms with Crippen LogP contribution in [-0.2, 0) is 13.1 Å². The summed E-state index contributed by atoms with van der Waals surface area (Å²) in [4.78, 5) is 9.67. The van der Waals surface area contributed by atoms with E-state index < -0.39 is 0 Å². The van der Waals surface area contributed by atoms with Crippen LogP contribution in [-0.4, -0.2) is 52.6 Å². The molecule has 0 saturated carbocycles. The zero-order valence-electron chi connectivity index (χ0n) is 14.6. The normalized spacial score (nSPS) is 23.2. The molecule has 4 rings (SSSR count). The molecule has 2 aliphatic heterocycles. The minimum Gasteiger partial charge on any atom is -0.497 e. The highest BCUT2D eigenvalue weighted by molar-refractivity contribution is 5.31. The van der Waals surface area contributed by atoms with Gasteiger partial charge in [-0.2, -0.15) is 0 Å². The van der Waals surface area contributed by atoms with E-state index in [-0.39, 0.29) is 0 Å². The number of methoxy groups -OCH3 is 1. The number of imidazole rings is 1. The van der Waals surface area contributed by atoms with Gasteiger partial charge in [-0.3, -0.25) is 4.90 Å². The average Bonchev–Trinajstić information content (AvgIpc) is 3.09. The topological polar surface area (TPSA) is 33.5 Å². The molecule has 0 radical (unpaired) electrons. The Hall–Kier alpha value is -1.85. The Balaban J connectivity index is 1.65. The molecule has 1 fully saturated rings. The Morgan fingerprint density at radius 1 is 1.21 bits per heavy atom. The van der Waals surface area contributed by atoms with Crippen molar-refractivity contribution >= 4 is 0 Å². The third-order valence-corrected chi connectivity index (χ3v) is 5.53. The average molecular weight is 326 g/mol. The molecule has 0 amide bonds. The Morgan fingerprint density at radius 3 is 2.83 bits per heavy atom. The van der Waals surface area contributed by atoms with E-state index in [4.69, 9.17) is 4.74 Å². The summed E-state index contributed by atoms with van der Waals surface area (Å²) in [5, 5.41) is 0. The Kier molecular flexibility index (Phi) is 4.29. The lowest BCUT2D eigenvalue weighted by Crippen LogP contribution is -2.48. The summed E-state index contributed by atoms with van der Waals surface area (Å²) in [6, 6.07) is 9.56. The molecule has 128 valence electrons. The standard InChI is InChI=1S/C19H26N4O/c1-21-9-6-16(7-10-21)23-14-19-20-8-11-22(19)13-18(23)15-4-3-5-17(12-15)24-2/h3-5,8,11-12,16,18H,6-7,9-10,13-14H2,1-2H3/t18-/m0/s1. The van der Waals surface area contributed by atoms with Gasteiger partial charge in [-0.25, -0.2) is 4.98 Å². The molecule has 24 heavy (non-hydrogen) atoms. The minimum atomic E-state index is 0.384. The van der Waals surface area contributed by atoms with Crippen LogP contribution in [0.3, 0.4) is 0 Å². The van der Waals surface area contributed by atoms with Crippen molar-refractivity contribution in [3.05, 3.63) is 48.0 Å².